The van der Waals surface area contributed by atoms with E-state index >= 15 is 0 Å². The molecule has 0 spiro atoms. The SMILES string of the molecule is CCNC(=NCc1nccn1CCc1ccccc1)N1CCC(C)C(n2ccnc2)C1.I. The number of likely N-dealkylation sites (tertiary alicyclic amines) is 1. The zero-order valence-corrected chi connectivity index (χ0v) is 21.3. The summed E-state index contributed by atoms with van der Waals surface area (Å²) in [7, 11) is 0. The summed E-state index contributed by atoms with van der Waals surface area (Å²) in [4.78, 5) is 16.2. The average Bonchev–Trinajstić information content (AvgIpc) is 3.48. The molecule has 32 heavy (non-hydrogen) atoms. The summed E-state index contributed by atoms with van der Waals surface area (Å²) >= 11 is 0. The lowest BCUT2D eigenvalue weighted by Gasteiger charge is -2.39. The van der Waals surface area contributed by atoms with Gasteiger partial charge in [0.05, 0.1) is 12.4 Å². The lowest BCUT2D eigenvalue weighted by atomic mass is 9.93. The zero-order chi connectivity index (χ0) is 21.5. The summed E-state index contributed by atoms with van der Waals surface area (Å²) in [6.07, 6.45) is 11.9. The van der Waals surface area contributed by atoms with Crippen molar-refractivity contribution in [3.05, 3.63) is 72.8 Å². The molecule has 7 nitrogen and oxygen atoms in total. The molecule has 2 atom stereocenters. The molecule has 1 N–H and O–H groups in total. The van der Waals surface area contributed by atoms with Crippen molar-refractivity contribution < 1.29 is 0 Å². The Kier molecular flexibility index (Phi) is 9.13. The Morgan fingerprint density at radius 3 is 2.78 bits per heavy atom. The van der Waals surface area contributed by atoms with Gasteiger partial charge in [0.2, 0.25) is 0 Å². The molecule has 1 saturated heterocycles. The van der Waals surface area contributed by atoms with Crippen molar-refractivity contribution in [3.8, 4) is 0 Å². The average molecular weight is 547 g/mol. The fourth-order valence-corrected chi connectivity index (χ4v) is 4.26. The molecule has 172 valence electrons. The minimum absolute atomic E-state index is 0. The van der Waals surface area contributed by atoms with Gasteiger partial charge in [-0.15, -0.1) is 24.0 Å². The van der Waals surface area contributed by atoms with Crippen LogP contribution < -0.4 is 5.32 Å². The largest absolute Gasteiger partial charge is 0.357 e. The van der Waals surface area contributed by atoms with Gasteiger partial charge in [0.15, 0.2) is 5.96 Å². The molecule has 2 unspecified atom stereocenters. The number of hydrogen-bond donors (Lipinski definition) is 1. The van der Waals surface area contributed by atoms with Gasteiger partial charge in [0.1, 0.15) is 12.4 Å². The number of nitrogens with one attached hydrogen (secondary N) is 1. The summed E-state index contributed by atoms with van der Waals surface area (Å²) in [6.45, 7) is 8.74. The van der Waals surface area contributed by atoms with Gasteiger partial charge in [0.25, 0.3) is 0 Å². The molecule has 0 amide bonds. The van der Waals surface area contributed by atoms with Crippen LogP contribution in [0.4, 0.5) is 0 Å². The topological polar surface area (TPSA) is 63.3 Å². The molecule has 0 bridgehead atoms. The summed E-state index contributed by atoms with van der Waals surface area (Å²) in [5, 5.41) is 3.49. The smallest absolute Gasteiger partial charge is 0.194 e. The highest BCUT2D eigenvalue weighted by Gasteiger charge is 2.28. The van der Waals surface area contributed by atoms with Crippen LogP contribution in [-0.2, 0) is 19.5 Å². The van der Waals surface area contributed by atoms with Crippen LogP contribution in [0.25, 0.3) is 0 Å². The maximum atomic E-state index is 4.96. The van der Waals surface area contributed by atoms with Gasteiger partial charge in [-0.25, -0.2) is 15.0 Å². The van der Waals surface area contributed by atoms with E-state index in [9.17, 15) is 0 Å². The second kappa shape index (κ2) is 12.0. The number of aryl methyl sites for hydroxylation is 2. The maximum absolute atomic E-state index is 4.96. The number of imidazole rings is 2. The Hall–Kier alpha value is -2.36. The van der Waals surface area contributed by atoms with E-state index in [-0.39, 0.29) is 24.0 Å². The number of nitrogens with zero attached hydrogens (tertiary/aromatic N) is 6. The summed E-state index contributed by atoms with van der Waals surface area (Å²) in [5.74, 6) is 2.59. The third kappa shape index (κ3) is 6.11. The predicted octanol–water partition coefficient (Wildman–Crippen LogP) is 3.99. The number of aliphatic imine (C=N–C) groups is 1. The molecule has 1 fully saturated rings. The van der Waals surface area contributed by atoms with Crippen molar-refractivity contribution >= 4 is 29.9 Å². The number of hydrogen-bond acceptors (Lipinski definition) is 3. The van der Waals surface area contributed by atoms with E-state index in [2.05, 4.69) is 85.9 Å². The molecular formula is C24H34IN7. The number of benzene rings is 1. The normalized spacial score (nSPS) is 18.9. The van der Waals surface area contributed by atoms with Crippen molar-refractivity contribution in [1.82, 2.24) is 29.3 Å². The van der Waals surface area contributed by atoms with E-state index in [0.717, 1.165) is 50.8 Å². The molecule has 0 aliphatic carbocycles. The Balaban J connectivity index is 0.00000289. The van der Waals surface area contributed by atoms with E-state index in [1.165, 1.54) is 5.56 Å². The Morgan fingerprint density at radius 1 is 1.19 bits per heavy atom. The number of aromatic nitrogens is 4. The monoisotopic (exact) mass is 547 g/mol. The summed E-state index contributed by atoms with van der Waals surface area (Å²) < 4.78 is 4.45. The van der Waals surface area contributed by atoms with Crippen LogP contribution in [-0.4, -0.2) is 49.6 Å². The second-order valence-electron chi connectivity index (χ2n) is 8.23. The standard InChI is InChI=1S/C24H33N7.HI/c1-3-26-24(30-13-9-20(2)22(18-30)31-15-11-25-19-31)28-17-23-27-12-16-29(23)14-10-21-7-5-4-6-8-21;/h4-8,11-12,15-16,19-20,22H,3,9-10,13-14,17-18H2,1-2H3,(H,26,28);1H. The van der Waals surface area contributed by atoms with Gasteiger partial charge in [-0.3, -0.25) is 0 Å². The quantitative estimate of drug-likeness (QED) is 0.276. The molecular weight excluding hydrogens is 513 g/mol. The summed E-state index contributed by atoms with van der Waals surface area (Å²) in [6, 6.07) is 11.0. The molecule has 3 heterocycles. The Morgan fingerprint density at radius 2 is 2.03 bits per heavy atom. The minimum atomic E-state index is 0. The molecule has 1 aliphatic heterocycles. The maximum Gasteiger partial charge on any atom is 0.194 e. The Bertz CT molecular complexity index is 952. The first kappa shape index (κ1) is 24.3. The van der Waals surface area contributed by atoms with Gasteiger partial charge in [-0.1, -0.05) is 37.3 Å². The van der Waals surface area contributed by atoms with E-state index in [1.54, 1.807) is 0 Å². The van der Waals surface area contributed by atoms with Crippen LogP contribution in [0.15, 0.2) is 66.4 Å². The van der Waals surface area contributed by atoms with Gasteiger partial charge in [-0.2, -0.15) is 0 Å². The lowest BCUT2D eigenvalue weighted by Crippen LogP contribution is -2.49. The van der Waals surface area contributed by atoms with Gasteiger partial charge in [0, 0.05) is 51.0 Å². The molecule has 0 radical (unpaired) electrons. The molecule has 1 aliphatic rings. The van der Waals surface area contributed by atoms with E-state index in [4.69, 9.17) is 4.99 Å². The molecule has 8 heteroatoms. The minimum Gasteiger partial charge on any atom is -0.357 e. The molecule has 2 aromatic heterocycles. The van der Waals surface area contributed by atoms with Crippen LogP contribution in [0.2, 0.25) is 0 Å². The van der Waals surface area contributed by atoms with Crippen LogP contribution in [0.5, 0.6) is 0 Å². The van der Waals surface area contributed by atoms with Crippen molar-refractivity contribution in [2.75, 3.05) is 19.6 Å². The highest BCUT2D eigenvalue weighted by Crippen LogP contribution is 2.27. The van der Waals surface area contributed by atoms with Crippen LogP contribution in [0.1, 0.15) is 37.7 Å². The van der Waals surface area contributed by atoms with Gasteiger partial charge < -0.3 is 19.4 Å². The Labute approximate surface area is 208 Å². The van der Waals surface area contributed by atoms with Crippen LogP contribution in [0, 0.1) is 5.92 Å². The first-order valence-corrected chi connectivity index (χ1v) is 11.3. The second-order valence-corrected chi connectivity index (χ2v) is 8.23. The highest BCUT2D eigenvalue weighted by atomic mass is 127. The third-order valence-corrected chi connectivity index (χ3v) is 6.12. The van der Waals surface area contributed by atoms with E-state index in [1.807, 2.05) is 18.7 Å². The summed E-state index contributed by atoms with van der Waals surface area (Å²) in [5.41, 5.74) is 1.34. The molecule has 0 saturated carbocycles. The van der Waals surface area contributed by atoms with Crippen LogP contribution in [0.3, 0.4) is 0 Å². The van der Waals surface area contributed by atoms with E-state index < -0.39 is 0 Å². The number of piperidine rings is 1. The first-order valence-electron chi connectivity index (χ1n) is 11.3. The molecule has 3 aromatic rings. The highest BCUT2D eigenvalue weighted by molar-refractivity contribution is 14.0. The number of guanidine groups is 1. The van der Waals surface area contributed by atoms with Crippen LogP contribution >= 0.6 is 24.0 Å². The zero-order valence-electron chi connectivity index (χ0n) is 19.0. The van der Waals surface area contributed by atoms with Crippen molar-refractivity contribution in [2.45, 2.75) is 45.8 Å². The molecule has 1 aromatic carbocycles. The number of rotatable bonds is 7. The van der Waals surface area contributed by atoms with Crippen molar-refractivity contribution in [1.29, 1.82) is 0 Å². The van der Waals surface area contributed by atoms with Gasteiger partial charge in [-0.05, 0) is 31.2 Å². The number of halogens is 1. The fraction of sp³-hybridized carbons (Fsp3) is 0.458. The fourth-order valence-electron chi connectivity index (χ4n) is 4.26. The van der Waals surface area contributed by atoms with Crippen molar-refractivity contribution in [3.63, 3.8) is 0 Å². The van der Waals surface area contributed by atoms with Gasteiger partial charge >= 0.3 is 0 Å². The predicted molar refractivity (Wildman–Crippen MR) is 139 cm³/mol. The molecule has 4 rings (SSSR count). The van der Waals surface area contributed by atoms with E-state index in [0.29, 0.717) is 18.5 Å². The van der Waals surface area contributed by atoms with Crippen molar-refractivity contribution in [2.24, 2.45) is 10.9 Å². The third-order valence-electron chi connectivity index (χ3n) is 6.12. The first-order chi connectivity index (χ1) is 15.2. The lowest BCUT2D eigenvalue weighted by molar-refractivity contribution is 0.189.